The number of rotatable bonds is 2. The first-order chi connectivity index (χ1) is 9.95. The van der Waals surface area contributed by atoms with Crippen molar-refractivity contribution in [1.29, 1.82) is 0 Å². The summed E-state index contributed by atoms with van der Waals surface area (Å²) in [6.07, 6.45) is -3.59. The van der Waals surface area contributed by atoms with Gasteiger partial charge in [-0.3, -0.25) is 0 Å². The van der Waals surface area contributed by atoms with Crippen molar-refractivity contribution in [2.24, 2.45) is 5.10 Å². The van der Waals surface area contributed by atoms with E-state index in [2.05, 4.69) is 15.5 Å². The van der Waals surface area contributed by atoms with Gasteiger partial charge in [0.15, 0.2) is 0 Å². The Hall–Kier alpha value is -2.38. The normalized spacial score (nSPS) is 18.5. The van der Waals surface area contributed by atoms with Crippen LogP contribution in [0.25, 0.3) is 0 Å². The van der Waals surface area contributed by atoms with Gasteiger partial charge in [0.25, 0.3) is 0 Å². The minimum atomic E-state index is -4.63. The molecule has 1 aromatic heterocycles. The molecule has 1 N–H and O–H groups in total. The summed E-state index contributed by atoms with van der Waals surface area (Å²) >= 11 is 0. The van der Waals surface area contributed by atoms with Crippen LogP contribution in [0, 0.1) is 5.82 Å². The van der Waals surface area contributed by atoms with E-state index in [9.17, 15) is 17.6 Å². The standard InChI is InChI=1S/C13H9F4N3O/c14-8-3-1-7(2-4-8)11-9(5-19-20-11)10-6-18-12(21-10)13(15,16)17/h1-4,6,9,19H,5H2. The molecule has 2 heterocycles. The lowest BCUT2D eigenvalue weighted by molar-refractivity contribution is -0.157. The molecule has 110 valence electrons. The average Bonchev–Trinajstić information content (AvgIpc) is 3.07. The molecular weight excluding hydrogens is 290 g/mol. The minimum Gasteiger partial charge on any atom is -0.437 e. The van der Waals surface area contributed by atoms with Crippen molar-refractivity contribution in [3.05, 3.63) is 53.5 Å². The molecule has 0 radical (unpaired) electrons. The van der Waals surface area contributed by atoms with Crippen molar-refractivity contribution >= 4 is 5.71 Å². The summed E-state index contributed by atoms with van der Waals surface area (Å²) < 4.78 is 55.2. The van der Waals surface area contributed by atoms with Crippen molar-refractivity contribution in [2.75, 3.05) is 6.54 Å². The van der Waals surface area contributed by atoms with Crippen LogP contribution in [0.1, 0.15) is 23.1 Å². The van der Waals surface area contributed by atoms with E-state index in [4.69, 9.17) is 4.42 Å². The molecule has 1 aromatic carbocycles. The van der Waals surface area contributed by atoms with Gasteiger partial charge in [0.2, 0.25) is 0 Å². The lowest BCUT2D eigenvalue weighted by Gasteiger charge is -2.09. The molecule has 21 heavy (non-hydrogen) atoms. The van der Waals surface area contributed by atoms with Gasteiger partial charge in [-0.25, -0.2) is 9.37 Å². The van der Waals surface area contributed by atoms with Crippen molar-refractivity contribution in [2.45, 2.75) is 12.1 Å². The Balaban J connectivity index is 1.90. The molecule has 0 bridgehead atoms. The van der Waals surface area contributed by atoms with Crippen molar-refractivity contribution in [1.82, 2.24) is 10.4 Å². The average molecular weight is 299 g/mol. The summed E-state index contributed by atoms with van der Waals surface area (Å²) in [7, 11) is 0. The van der Waals surface area contributed by atoms with E-state index in [-0.39, 0.29) is 5.76 Å². The monoisotopic (exact) mass is 299 g/mol. The highest BCUT2D eigenvalue weighted by Gasteiger charge is 2.38. The number of halogens is 4. The fraction of sp³-hybridized carbons (Fsp3) is 0.231. The molecule has 1 aliphatic rings. The van der Waals surface area contributed by atoms with Gasteiger partial charge in [0.05, 0.1) is 17.8 Å². The van der Waals surface area contributed by atoms with Gasteiger partial charge in [-0.2, -0.15) is 18.3 Å². The van der Waals surface area contributed by atoms with Crippen LogP contribution in [0.15, 0.2) is 40.0 Å². The lowest BCUT2D eigenvalue weighted by Crippen LogP contribution is -2.14. The first-order valence-electron chi connectivity index (χ1n) is 6.04. The van der Waals surface area contributed by atoms with E-state index < -0.39 is 23.8 Å². The van der Waals surface area contributed by atoms with Gasteiger partial charge in [0, 0.05) is 6.54 Å². The molecule has 1 atom stereocenters. The quantitative estimate of drug-likeness (QED) is 0.867. The number of hydrogen-bond acceptors (Lipinski definition) is 4. The summed E-state index contributed by atoms with van der Waals surface area (Å²) in [5.41, 5.74) is 3.80. The molecule has 0 aliphatic carbocycles. The molecule has 2 aromatic rings. The van der Waals surface area contributed by atoms with E-state index >= 15 is 0 Å². The predicted molar refractivity (Wildman–Crippen MR) is 65.2 cm³/mol. The third-order valence-corrected chi connectivity index (χ3v) is 3.07. The number of benzene rings is 1. The van der Waals surface area contributed by atoms with Crippen molar-refractivity contribution in [3.8, 4) is 0 Å². The molecule has 0 saturated carbocycles. The van der Waals surface area contributed by atoms with Crippen molar-refractivity contribution < 1.29 is 22.0 Å². The third-order valence-electron chi connectivity index (χ3n) is 3.07. The van der Waals surface area contributed by atoms with E-state index in [1.54, 1.807) is 0 Å². The fourth-order valence-electron chi connectivity index (χ4n) is 2.10. The highest BCUT2D eigenvalue weighted by molar-refractivity contribution is 6.05. The first kappa shape index (κ1) is 13.6. The topological polar surface area (TPSA) is 50.4 Å². The Morgan fingerprint density at radius 1 is 1.19 bits per heavy atom. The van der Waals surface area contributed by atoms with Crippen LogP contribution in [0.4, 0.5) is 17.6 Å². The first-order valence-corrected chi connectivity index (χ1v) is 6.04. The molecule has 1 aliphatic heterocycles. The number of alkyl halides is 3. The van der Waals surface area contributed by atoms with Crippen LogP contribution in [-0.4, -0.2) is 17.2 Å². The second-order valence-electron chi connectivity index (χ2n) is 4.48. The number of aromatic nitrogens is 1. The smallest absolute Gasteiger partial charge is 0.437 e. The van der Waals surface area contributed by atoms with E-state index in [0.29, 0.717) is 17.8 Å². The third kappa shape index (κ3) is 2.61. The summed E-state index contributed by atoms with van der Waals surface area (Å²) in [5, 5.41) is 4.04. The molecule has 0 amide bonds. The van der Waals surface area contributed by atoms with Gasteiger partial charge in [-0.05, 0) is 17.7 Å². The van der Waals surface area contributed by atoms with E-state index in [0.717, 1.165) is 6.20 Å². The highest BCUT2D eigenvalue weighted by Crippen LogP contribution is 2.32. The zero-order valence-electron chi connectivity index (χ0n) is 10.5. The summed E-state index contributed by atoms with van der Waals surface area (Å²) in [6.45, 7) is 0.291. The van der Waals surface area contributed by atoms with Gasteiger partial charge in [0.1, 0.15) is 11.6 Å². The zero-order chi connectivity index (χ0) is 15.0. The molecular formula is C13H9F4N3O. The van der Waals surface area contributed by atoms with Crippen LogP contribution in [0.2, 0.25) is 0 Å². The largest absolute Gasteiger partial charge is 0.468 e. The van der Waals surface area contributed by atoms with E-state index in [1.807, 2.05) is 0 Å². The maximum absolute atomic E-state index is 12.9. The summed E-state index contributed by atoms with van der Waals surface area (Å²) in [4.78, 5) is 3.24. The molecule has 0 spiro atoms. The molecule has 3 rings (SSSR count). The Morgan fingerprint density at radius 3 is 2.52 bits per heavy atom. The Bertz CT molecular complexity index is 675. The Kier molecular flexibility index (Phi) is 3.15. The fourth-order valence-corrected chi connectivity index (χ4v) is 2.10. The predicted octanol–water partition coefficient (Wildman–Crippen LogP) is 2.92. The lowest BCUT2D eigenvalue weighted by atomic mass is 9.96. The Labute approximate surface area is 116 Å². The van der Waals surface area contributed by atoms with E-state index in [1.165, 1.54) is 24.3 Å². The van der Waals surface area contributed by atoms with Gasteiger partial charge in [-0.15, -0.1) is 0 Å². The van der Waals surface area contributed by atoms with Crippen LogP contribution >= 0.6 is 0 Å². The van der Waals surface area contributed by atoms with Crippen molar-refractivity contribution in [3.63, 3.8) is 0 Å². The molecule has 1 unspecified atom stereocenters. The number of hydrazone groups is 1. The zero-order valence-corrected chi connectivity index (χ0v) is 10.5. The van der Waals surface area contributed by atoms with Crippen LogP contribution in [-0.2, 0) is 6.18 Å². The minimum absolute atomic E-state index is 0.0652. The second kappa shape index (κ2) is 4.87. The maximum atomic E-state index is 12.9. The number of oxazole rings is 1. The van der Waals surface area contributed by atoms with Gasteiger partial charge < -0.3 is 9.84 Å². The number of nitrogens with zero attached hydrogens (tertiary/aromatic N) is 2. The number of hydrogen-bond donors (Lipinski definition) is 1. The van der Waals surface area contributed by atoms with Gasteiger partial charge in [-0.1, -0.05) is 12.1 Å². The summed E-state index contributed by atoms with van der Waals surface area (Å²) in [6, 6.07) is 5.54. The molecule has 4 nitrogen and oxygen atoms in total. The van der Waals surface area contributed by atoms with Crippen LogP contribution in [0.5, 0.6) is 0 Å². The molecule has 0 saturated heterocycles. The Morgan fingerprint density at radius 2 is 1.90 bits per heavy atom. The number of nitrogens with one attached hydrogen (secondary N) is 1. The SMILES string of the molecule is Fc1ccc(C2=NNCC2c2cnc(C(F)(F)F)o2)cc1. The second-order valence-corrected chi connectivity index (χ2v) is 4.48. The summed E-state index contributed by atoms with van der Waals surface area (Å²) in [5.74, 6) is -2.13. The maximum Gasteiger partial charge on any atom is 0.468 e. The molecule has 8 heteroatoms. The highest BCUT2D eigenvalue weighted by atomic mass is 19.4. The molecule has 0 fully saturated rings. The van der Waals surface area contributed by atoms with Crippen LogP contribution < -0.4 is 5.43 Å². The van der Waals surface area contributed by atoms with Gasteiger partial charge >= 0.3 is 12.1 Å². The van der Waals surface area contributed by atoms with Crippen LogP contribution in [0.3, 0.4) is 0 Å².